The average molecular weight is 117 g/mol. The molecule has 0 aliphatic carbocycles. The number of hydrogen-bond donors (Lipinski definition) is 0. The molecule has 0 amide bonds. The molecule has 1 aliphatic heterocycles. The first-order chi connectivity index (χ1) is 3.21. The molecule has 1 radical (unpaired) electrons. The molecule has 2 nitrogen and oxygen atoms in total. The third-order valence-electron chi connectivity index (χ3n) is 0.794. The van der Waals surface area contributed by atoms with E-state index in [1.165, 1.54) is 0 Å². The molecule has 7 heavy (non-hydrogen) atoms. The summed E-state index contributed by atoms with van der Waals surface area (Å²) in [6, 6.07) is 0. The fraction of sp³-hybridized carbons (Fsp3) is 0.500. The zero-order valence-electron chi connectivity index (χ0n) is 3.72. The number of hydrogen-bond acceptors (Lipinski definition) is 2. The molecule has 0 saturated heterocycles. The predicted molar refractivity (Wildman–Crippen MR) is 26.2 cm³/mol. The molecular formula is C4H5O2S. The quantitative estimate of drug-likeness (QED) is 0.451. The van der Waals surface area contributed by atoms with Crippen LogP contribution in [-0.4, -0.2) is 14.2 Å². The molecule has 0 saturated carbocycles. The Labute approximate surface area is 42.8 Å². The molecule has 1 rings (SSSR count). The predicted octanol–water partition coefficient (Wildman–Crippen LogP) is 0.122. The second-order valence-electron chi connectivity index (χ2n) is 1.43. The van der Waals surface area contributed by atoms with Crippen LogP contribution in [0.1, 0.15) is 6.42 Å². The summed E-state index contributed by atoms with van der Waals surface area (Å²) in [7, 11) is -2.85. The third-order valence-corrected chi connectivity index (χ3v) is 2.09. The van der Waals surface area contributed by atoms with Crippen molar-refractivity contribution in [1.82, 2.24) is 0 Å². The summed E-state index contributed by atoms with van der Waals surface area (Å²) in [6.07, 6.45) is 2.19. The van der Waals surface area contributed by atoms with Crippen LogP contribution >= 0.6 is 0 Å². The molecule has 1 aliphatic rings. The molecule has 1 heterocycles. The van der Waals surface area contributed by atoms with Gasteiger partial charge in [-0.3, -0.25) is 0 Å². The maximum Gasteiger partial charge on any atom is 0.179 e. The Morgan fingerprint density at radius 2 is 2.29 bits per heavy atom. The summed E-state index contributed by atoms with van der Waals surface area (Å²) < 4.78 is 20.6. The van der Waals surface area contributed by atoms with E-state index in [1.54, 1.807) is 6.08 Å². The fourth-order valence-electron chi connectivity index (χ4n) is 0.459. The van der Waals surface area contributed by atoms with Crippen LogP contribution in [-0.2, 0) is 9.84 Å². The van der Waals surface area contributed by atoms with Crippen molar-refractivity contribution in [2.24, 2.45) is 0 Å². The van der Waals surface area contributed by atoms with Crippen molar-refractivity contribution in [3.63, 3.8) is 0 Å². The Balaban J connectivity index is 2.99. The summed E-state index contributed by atoms with van der Waals surface area (Å²) in [4.78, 5) is 0. The Hall–Kier alpha value is -0.310. The lowest BCUT2D eigenvalue weighted by atomic mass is 10.5. The fourth-order valence-corrected chi connectivity index (χ4v) is 1.38. The van der Waals surface area contributed by atoms with Crippen LogP contribution in [0.25, 0.3) is 0 Å². The summed E-state index contributed by atoms with van der Waals surface area (Å²) in [5, 5.41) is 2.24. The van der Waals surface area contributed by atoms with Crippen LogP contribution in [0.15, 0.2) is 6.08 Å². The topological polar surface area (TPSA) is 34.1 Å². The average Bonchev–Trinajstić information content (AvgIpc) is 1.84. The van der Waals surface area contributed by atoms with Gasteiger partial charge in [-0.25, -0.2) is 8.42 Å². The molecule has 0 bridgehead atoms. The molecule has 0 spiro atoms. The van der Waals surface area contributed by atoms with E-state index in [0.29, 0.717) is 6.42 Å². The highest BCUT2D eigenvalue weighted by Crippen LogP contribution is 2.03. The van der Waals surface area contributed by atoms with Crippen LogP contribution in [0.4, 0.5) is 0 Å². The van der Waals surface area contributed by atoms with E-state index in [-0.39, 0.29) is 5.75 Å². The maximum absolute atomic E-state index is 10.3. The summed E-state index contributed by atoms with van der Waals surface area (Å²) in [5.74, 6) is 0.257. The van der Waals surface area contributed by atoms with Crippen molar-refractivity contribution in [2.75, 3.05) is 5.75 Å². The highest BCUT2D eigenvalue weighted by atomic mass is 32.2. The zero-order valence-corrected chi connectivity index (χ0v) is 4.53. The van der Waals surface area contributed by atoms with Gasteiger partial charge in [0.05, 0.1) is 11.2 Å². The number of rotatable bonds is 0. The van der Waals surface area contributed by atoms with E-state index in [2.05, 4.69) is 5.41 Å². The van der Waals surface area contributed by atoms with Gasteiger partial charge in [-0.2, -0.15) is 0 Å². The van der Waals surface area contributed by atoms with Gasteiger partial charge in [0.1, 0.15) is 0 Å². The third kappa shape index (κ3) is 1.03. The SMILES string of the molecule is O=S1(=O)[C]=CCC1. The largest absolute Gasteiger partial charge is 0.224 e. The standard InChI is InChI=1S/C4H5O2S/c5-7(6)3-1-2-4-7/h1H,2,4H2. The molecule has 39 valence electrons. The molecule has 3 heteroatoms. The van der Waals surface area contributed by atoms with E-state index in [0.717, 1.165) is 0 Å². The zero-order chi connectivity index (χ0) is 5.33. The van der Waals surface area contributed by atoms with E-state index in [9.17, 15) is 8.42 Å². The molecule has 0 aromatic carbocycles. The van der Waals surface area contributed by atoms with E-state index >= 15 is 0 Å². The molecule has 0 aromatic rings. The Bertz CT molecular complexity index is 176. The van der Waals surface area contributed by atoms with Gasteiger partial charge >= 0.3 is 0 Å². The lowest BCUT2D eigenvalue weighted by molar-refractivity contribution is 0.605. The first-order valence-electron chi connectivity index (χ1n) is 2.02. The van der Waals surface area contributed by atoms with Gasteiger partial charge in [-0.05, 0) is 6.42 Å². The van der Waals surface area contributed by atoms with Crippen LogP contribution in [0.3, 0.4) is 0 Å². The van der Waals surface area contributed by atoms with Crippen LogP contribution in [0.2, 0.25) is 0 Å². The molecular weight excluding hydrogens is 112 g/mol. The highest BCUT2D eigenvalue weighted by Gasteiger charge is 2.09. The van der Waals surface area contributed by atoms with Gasteiger partial charge in [0.15, 0.2) is 9.84 Å². The van der Waals surface area contributed by atoms with Crippen molar-refractivity contribution in [2.45, 2.75) is 6.42 Å². The maximum atomic E-state index is 10.3. The van der Waals surface area contributed by atoms with Crippen LogP contribution in [0, 0.1) is 5.41 Å². The van der Waals surface area contributed by atoms with E-state index < -0.39 is 9.84 Å². The van der Waals surface area contributed by atoms with Crippen molar-refractivity contribution >= 4 is 9.84 Å². The molecule has 0 aromatic heterocycles. The van der Waals surface area contributed by atoms with Crippen molar-refractivity contribution < 1.29 is 8.42 Å². The second kappa shape index (κ2) is 1.33. The second-order valence-corrected chi connectivity index (χ2v) is 3.30. The summed E-state index contributed by atoms with van der Waals surface area (Å²) in [6.45, 7) is 0. The van der Waals surface area contributed by atoms with Gasteiger partial charge in [-0.15, -0.1) is 0 Å². The Morgan fingerprint density at radius 3 is 2.43 bits per heavy atom. The summed E-state index contributed by atoms with van der Waals surface area (Å²) in [5.41, 5.74) is 0. The lowest BCUT2D eigenvalue weighted by Crippen LogP contribution is -1.93. The number of allylic oxidation sites excluding steroid dienone is 1. The molecule has 0 N–H and O–H groups in total. The van der Waals surface area contributed by atoms with Gasteiger partial charge < -0.3 is 0 Å². The van der Waals surface area contributed by atoms with E-state index in [1.807, 2.05) is 0 Å². The van der Waals surface area contributed by atoms with Gasteiger partial charge in [0.2, 0.25) is 0 Å². The first kappa shape index (κ1) is 4.84. The smallest absolute Gasteiger partial charge is 0.179 e. The van der Waals surface area contributed by atoms with E-state index in [4.69, 9.17) is 0 Å². The van der Waals surface area contributed by atoms with Gasteiger partial charge in [0, 0.05) is 0 Å². The normalized spacial score (nSPS) is 25.7. The minimum absolute atomic E-state index is 0.257. The van der Waals surface area contributed by atoms with Crippen LogP contribution in [0.5, 0.6) is 0 Å². The Morgan fingerprint density at radius 1 is 1.57 bits per heavy atom. The monoisotopic (exact) mass is 117 g/mol. The minimum atomic E-state index is -2.85. The summed E-state index contributed by atoms with van der Waals surface area (Å²) >= 11 is 0. The molecule has 0 unspecified atom stereocenters. The van der Waals surface area contributed by atoms with Crippen molar-refractivity contribution in [3.8, 4) is 0 Å². The lowest BCUT2D eigenvalue weighted by Gasteiger charge is -1.78. The first-order valence-corrected chi connectivity index (χ1v) is 3.68. The number of sulfone groups is 1. The minimum Gasteiger partial charge on any atom is -0.224 e. The van der Waals surface area contributed by atoms with Crippen molar-refractivity contribution in [3.05, 3.63) is 11.5 Å². The molecule has 0 atom stereocenters. The van der Waals surface area contributed by atoms with Crippen molar-refractivity contribution in [1.29, 1.82) is 0 Å². The van der Waals surface area contributed by atoms with Crippen LogP contribution < -0.4 is 0 Å². The van der Waals surface area contributed by atoms with Gasteiger partial charge in [-0.1, -0.05) is 6.08 Å². The molecule has 0 fully saturated rings. The van der Waals surface area contributed by atoms with Gasteiger partial charge in [0.25, 0.3) is 0 Å². The Kier molecular flexibility index (Phi) is 0.922. The highest BCUT2D eigenvalue weighted by molar-refractivity contribution is 7.93.